The minimum Gasteiger partial charge on any atom is -0.480 e. The average molecular weight is 526 g/mol. The van der Waals surface area contributed by atoms with Crippen molar-refractivity contribution in [3.63, 3.8) is 0 Å². The summed E-state index contributed by atoms with van der Waals surface area (Å²) >= 11 is 1.57. The molecule has 0 bridgehead atoms. The molecule has 1 atom stereocenters. The number of carbonyl (C=O) groups excluding carboxylic acids is 1. The van der Waals surface area contributed by atoms with Gasteiger partial charge >= 0.3 is 5.97 Å². The molecule has 1 aliphatic rings. The topological polar surface area (TPSA) is 72.9 Å². The number of hydrazine groups is 1. The van der Waals surface area contributed by atoms with Crippen LogP contribution in [-0.4, -0.2) is 65.7 Å². The van der Waals surface area contributed by atoms with E-state index in [1.54, 1.807) is 11.8 Å². The molecule has 2 aromatic rings. The van der Waals surface area contributed by atoms with E-state index in [4.69, 9.17) is 0 Å². The number of aliphatic carboxylic acids is 1. The first-order valence-corrected chi connectivity index (χ1v) is 14.8. The van der Waals surface area contributed by atoms with Crippen molar-refractivity contribution in [2.75, 3.05) is 32.6 Å². The van der Waals surface area contributed by atoms with Crippen molar-refractivity contribution < 1.29 is 14.7 Å². The molecule has 1 aliphatic carbocycles. The number of carbonyl (C=O) groups is 2. The number of rotatable bonds is 13. The molecule has 0 spiro atoms. The van der Waals surface area contributed by atoms with Gasteiger partial charge in [-0.3, -0.25) is 4.79 Å². The average Bonchev–Trinajstić information content (AvgIpc) is 2.89. The summed E-state index contributed by atoms with van der Waals surface area (Å²) in [6, 6.07) is 13.1. The molecule has 3 rings (SSSR count). The number of thioether (sulfide) groups is 1. The monoisotopic (exact) mass is 525 g/mol. The highest BCUT2D eigenvalue weighted by Gasteiger charge is 2.23. The molecule has 6 nitrogen and oxygen atoms in total. The van der Waals surface area contributed by atoms with E-state index in [-0.39, 0.29) is 5.91 Å². The normalized spacial score (nSPS) is 15.2. The largest absolute Gasteiger partial charge is 0.480 e. The highest BCUT2D eigenvalue weighted by atomic mass is 32.2. The first-order valence-electron chi connectivity index (χ1n) is 13.4. The van der Waals surface area contributed by atoms with Crippen LogP contribution in [0.3, 0.4) is 0 Å². The summed E-state index contributed by atoms with van der Waals surface area (Å²) in [6.07, 6.45) is 10.3. The van der Waals surface area contributed by atoms with Gasteiger partial charge < -0.3 is 10.4 Å². The lowest BCUT2D eigenvalue weighted by atomic mass is 9.87. The lowest BCUT2D eigenvalue weighted by Crippen LogP contribution is -2.41. The second-order valence-electron chi connectivity index (χ2n) is 10.4. The molecule has 202 valence electrons. The summed E-state index contributed by atoms with van der Waals surface area (Å²) in [5.74, 6) is 0.136. The van der Waals surface area contributed by atoms with Gasteiger partial charge in [0.15, 0.2) is 0 Å². The number of hydrogen-bond acceptors (Lipinski definition) is 5. The predicted octanol–water partition coefficient (Wildman–Crippen LogP) is 5.85. The lowest BCUT2D eigenvalue weighted by molar-refractivity contribution is -0.139. The maximum Gasteiger partial charge on any atom is 0.326 e. The number of nitrogens with zero attached hydrogens (tertiary/aromatic N) is 2. The van der Waals surface area contributed by atoms with Crippen molar-refractivity contribution in [2.24, 2.45) is 5.92 Å². The zero-order chi connectivity index (χ0) is 26.8. The quantitative estimate of drug-likeness (QED) is 0.320. The highest BCUT2D eigenvalue weighted by Crippen LogP contribution is 2.30. The second kappa shape index (κ2) is 14.6. The van der Waals surface area contributed by atoms with Crippen LogP contribution >= 0.6 is 11.8 Å². The number of nitrogens with one attached hydrogen (secondary N) is 1. The summed E-state index contributed by atoms with van der Waals surface area (Å²) in [7, 11) is 4.18. The Bertz CT molecular complexity index is 1040. The third-order valence-corrected chi connectivity index (χ3v) is 8.07. The van der Waals surface area contributed by atoms with Gasteiger partial charge in [-0.15, -0.1) is 0 Å². The van der Waals surface area contributed by atoms with E-state index in [9.17, 15) is 14.7 Å². The van der Waals surface area contributed by atoms with Gasteiger partial charge in [0.05, 0.1) is 0 Å². The van der Waals surface area contributed by atoms with Crippen molar-refractivity contribution >= 4 is 23.6 Å². The third-order valence-electron chi connectivity index (χ3n) is 7.43. The number of carboxylic acids is 1. The molecule has 2 N–H and O–H groups in total. The number of hydrogen-bond donors (Lipinski definition) is 2. The standard InChI is InChI=1S/C30H43N3O3S/c1-22-10-8-9-13-25(22)27-20-24(21-33(32(2)3)18-16-23-11-6-5-7-12-23)14-15-26(27)29(34)31-28(30(35)36)17-19-37-4/h8-10,13-15,20,23,28H,5-7,11-12,16-19,21H2,1-4H3,(H,31,34)(H,35,36)/t28-/m0/s1. The third kappa shape index (κ3) is 8.59. The van der Waals surface area contributed by atoms with Gasteiger partial charge in [-0.1, -0.05) is 62.4 Å². The first-order chi connectivity index (χ1) is 17.8. The Kier molecular flexibility index (Phi) is 11.5. The Balaban J connectivity index is 1.86. The van der Waals surface area contributed by atoms with E-state index >= 15 is 0 Å². The molecular formula is C30H43N3O3S. The van der Waals surface area contributed by atoms with E-state index in [2.05, 4.69) is 35.5 Å². The van der Waals surface area contributed by atoms with Crippen molar-refractivity contribution in [2.45, 2.75) is 64.5 Å². The SMILES string of the molecule is CSCC[C@H](NC(=O)c1ccc(CN(CCC2CCCCC2)N(C)C)cc1-c1ccccc1C)C(=O)O. The van der Waals surface area contributed by atoms with Gasteiger partial charge in [-0.2, -0.15) is 11.8 Å². The van der Waals surface area contributed by atoms with Crippen molar-refractivity contribution in [3.05, 3.63) is 59.2 Å². The van der Waals surface area contributed by atoms with Gasteiger partial charge in [0.2, 0.25) is 0 Å². The zero-order valence-corrected chi connectivity index (χ0v) is 23.7. The fraction of sp³-hybridized carbons (Fsp3) is 0.533. The number of carboxylic acid groups (broad SMARTS) is 1. The molecule has 1 amide bonds. The van der Waals surface area contributed by atoms with Crippen LogP contribution in [-0.2, 0) is 11.3 Å². The van der Waals surface area contributed by atoms with Crippen LogP contribution in [0.4, 0.5) is 0 Å². The van der Waals surface area contributed by atoms with Gasteiger partial charge in [0.1, 0.15) is 6.04 Å². The minimum atomic E-state index is -1.00. The molecule has 37 heavy (non-hydrogen) atoms. The van der Waals surface area contributed by atoms with Crippen molar-refractivity contribution in [1.29, 1.82) is 0 Å². The van der Waals surface area contributed by atoms with Crippen LogP contribution in [0.2, 0.25) is 0 Å². The second-order valence-corrected chi connectivity index (χ2v) is 11.4. The van der Waals surface area contributed by atoms with Crippen LogP contribution in [0, 0.1) is 12.8 Å². The van der Waals surface area contributed by atoms with Crippen LogP contribution in [0.1, 0.15) is 66.4 Å². The van der Waals surface area contributed by atoms with Crippen LogP contribution in [0.5, 0.6) is 0 Å². The van der Waals surface area contributed by atoms with Gasteiger partial charge in [-0.05, 0) is 72.1 Å². The lowest BCUT2D eigenvalue weighted by Gasteiger charge is -2.31. The fourth-order valence-corrected chi connectivity index (χ4v) is 5.62. The van der Waals surface area contributed by atoms with Gasteiger partial charge in [0.25, 0.3) is 5.91 Å². The summed E-state index contributed by atoms with van der Waals surface area (Å²) < 4.78 is 0. The number of benzene rings is 2. The summed E-state index contributed by atoms with van der Waals surface area (Å²) in [6.45, 7) is 3.81. The van der Waals surface area contributed by atoms with E-state index in [0.717, 1.165) is 41.3 Å². The molecule has 1 saturated carbocycles. The molecule has 0 saturated heterocycles. The van der Waals surface area contributed by atoms with Crippen LogP contribution < -0.4 is 5.32 Å². The summed E-state index contributed by atoms with van der Waals surface area (Å²) in [5, 5.41) is 16.9. The molecule has 2 aromatic carbocycles. The van der Waals surface area contributed by atoms with Crippen LogP contribution in [0.15, 0.2) is 42.5 Å². The summed E-state index contributed by atoms with van der Waals surface area (Å²) in [5.41, 5.74) is 4.54. The van der Waals surface area contributed by atoms with Crippen molar-refractivity contribution in [1.82, 2.24) is 15.3 Å². The molecule has 0 aliphatic heterocycles. The van der Waals surface area contributed by atoms with Crippen LogP contribution in [0.25, 0.3) is 11.1 Å². The first kappa shape index (κ1) is 29.2. The maximum absolute atomic E-state index is 13.3. The minimum absolute atomic E-state index is 0.347. The Morgan fingerprint density at radius 1 is 1.08 bits per heavy atom. The number of aryl methyl sites for hydroxylation is 1. The molecule has 0 heterocycles. The van der Waals surface area contributed by atoms with E-state index in [1.165, 1.54) is 38.5 Å². The van der Waals surface area contributed by atoms with Gasteiger partial charge in [-0.25, -0.2) is 14.8 Å². The summed E-state index contributed by atoms with van der Waals surface area (Å²) in [4.78, 5) is 25.1. The molecule has 1 fully saturated rings. The Morgan fingerprint density at radius 2 is 1.81 bits per heavy atom. The molecule has 0 unspecified atom stereocenters. The molecule has 0 radical (unpaired) electrons. The number of amides is 1. The zero-order valence-electron chi connectivity index (χ0n) is 22.8. The Labute approximate surface area is 226 Å². The van der Waals surface area contributed by atoms with E-state index in [1.807, 2.05) is 49.6 Å². The van der Waals surface area contributed by atoms with E-state index < -0.39 is 12.0 Å². The smallest absolute Gasteiger partial charge is 0.326 e. The van der Waals surface area contributed by atoms with Crippen molar-refractivity contribution in [3.8, 4) is 11.1 Å². The molecule has 7 heteroatoms. The highest BCUT2D eigenvalue weighted by molar-refractivity contribution is 7.98. The van der Waals surface area contributed by atoms with Gasteiger partial charge in [0, 0.05) is 32.7 Å². The Morgan fingerprint density at radius 3 is 2.46 bits per heavy atom. The fourth-order valence-electron chi connectivity index (χ4n) is 5.15. The molecular weight excluding hydrogens is 482 g/mol. The maximum atomic E-state index is 13.3. The predicted molar refractivity (Wildman–Crippen MR) is 154 cm³/mol. The van der Waals surface area contributed by atoms with E-state index in [0.29, 0.717) is 17.7 Å². The Hall–Kier alpha value is -2.35. The molecule has 0 aromatic heterocycles.